The van der Waals surface area contributed by atoms with Crippen LogP contribution < -0.4 is 0 Å². The predicted molar refractivity (Wildman–Crippen MR) is 56.0 cm³/mol. The van der Waals surface area contributed by atoms with E-state index < -0.39 is 0 Å². The number of hydrogen-bond donors (Lipinski definition) is 0. The quantitative estimate of drug-likeness (QED) is 0.600. The zero-order valence-electron chi connectivity index (χ0n) is 9.11. The highest BCUT2D eigenvalue weighted by atomic mass is 16.7. The van der Waals surface area contributed by atoms with Crippen LogP contribution in [0, 0.1) is 5.92 Å². The van der Waals surface area contributed by atoms with Gasteiger partial charge in [-0.05, 0) is 25.7 Å². The van der Waals surface area contributed by atoms with Gasteiger partial charge in [-0.1, -0.05) is 26.0 Å². The van der Waals surface area contributed by atoms with Gasteiger partial charge >= 0.3 is 0 Å². The summed E-state index contributed by atoms with van der Waals surface area (Å²) >= 11 is 0. The topological polar surface area (TPSA) is 18.5 Å². The Labute approximate surface area is 86.3 Å². The van der Waals surface area contributed by atoms with E-state index in [4.69, 9.17) is 9.47 Å². The van der Waals surface area contributed by atoms with Gasteiger partial charge in [0.15, 0.2) is 6.29 Å². The van der Waals surface area contributed by atoms with Crippen molar-refractivity contribution in [2.24, 2.45) is 5.92 Å². The molecular weight excluding hydrogens is 176 g/mol. The number of hydrogen-bond acceptors (Lipinski definition) is 2. The van der Waals surface area contributed by atoms with Crippen LogP contribution in [-0.2, 0) is 9.47 Å². The van der Waals surface area contributed by atoms with E-state index in [0.717, 1.165) is 25.7 Å². The second-order valence-electron chi connectivity index (χ2n) is 4.59. The maximum Gasteiger partial charge on any atom is 0.160 e. The fourth-order valence-electron chi connectivity index (χ4n) is 2.13. The van der Waals surface area contributed by atoms with E-state index in [1.807, 2.05) is 0 Å². The molecule has 2 nitrogen and oxygen atoms in total. The van der Waals surface area contributed by atoms with Gasteiger partial charge in [0.05, 0.1) is 12.2 Å². The highest BCUT2D eigenvalue weighted by molar-refractivity contribution is 4.90. The van der Waals surface area contributed by atoms with E-state index in [1.165, 1.54) is 0 Å². The Balaban J connectivity index is 1.96. The second kappa shape index (κ2) is 4.45. The summed E-state index contributed by atoms with van der Waals surface area (Å²) in [4.78, 5) is 0. The lowest BCUT2D eigenvalue weighted by Crippen LogP contribution is -2.22. The molecule has 2 atom stereocenters. The first kappa shape index (κ1) is 10.2. The Morgan fingerprint density at radius 2 is 1.50 bits per heavy atom. The molecule has 1 saturated heterocycles. The number of ether oxygens (including phenoxy) is 2. The normalized spacial score (nSPS) is 40.4. The third kappa shape index (κ3) is 2.18. The maximum absolute atomic E-state index is 5.91. The Morgan fingerprint density at radius 3 is 1.93 bits per heavy atom. The van der Waals surface area contributed by atoms with Crippen molar-refractivity contribution < 1.29 is 9.47 Å². The van der Waals surface area contributed by atoms with E-state index >= 15 is 0 Å². The maximum atomic E-state index is 5.91. The molecule has 1 aliphatic heterocycles. The van der Waals surface area contributed by atoms with Gasteiger partial charge in [-0.2, -0.15) is 0 Å². The summed E-state index contributed by atoms with van der Waals surface area (Å²) in [5, 5.41) is 0. The van der Waals surface area contributed by atoms with E-state index in [-0.39, 0.29) is 6.29 Å². The molecule has 80 valence electrons. The fraction of sp³-hybridized carbons (Fsp3) is 0.833. The number of allylic oxidation sites excluding steroid dienone is 2. The summed E-state index contributed by atoms with van der Waals surface area (Å²) in [6.45, 7) is 4.31. The van der Waals surface area contributed by atoms with Gasteiger partial charge in [0, 0.05) is 5.92 Å². The summed E-state index contributed by atoms with van der Waals surface area (Å²) in [6.07, 6.45) is 9.74. The lowest BCUT2D eigenvalue weighted by molar-refractivity contribution is -0.0959. The van der Waals surface area contributed by atoms with Crippen molar-refractivity contribution in [3.05, 3.63) is 12.2 Å². The summed E-state index contributed by atoms with van der Waals surface area (Å²) in [7, 11) is 0. The molecule has 1 fully saturated rings. The van der Waals surface area contributed by atoms with Crippen LogP contribution in [-0.4, -0.2) is 18.5 Å². The lowest BCUT2D eigenvalue weighted by Gasteiger charge is -2.16. The largest absolute Gasteiger partial charge is 0.346 e. The highest BCUT2D eigenvalue weighted by Crippen LogP contribution is 2.30. The number of fused-ring (bicyclic) bond motifs is 1. The Kier molecular flexibility index (Phi) is 3.24. The van der Waals surface area contributed by atoms with Crippen LogP contribution in [0.15, 0.2) is 12.2 Å². The number of rotatable bonds is 1. The van der Waals surface area contributed by atoms with Gasteiger partial charge in [0.25, 0.3) is 0 Å². The van der Waals surface area contributed by atoms with Crippen LogP contribution in [0.25, 0.3) is 0 Å². The molecule has 0 aromatic carbocycles. The van der Waals surface area contributed by atoms with Crippen molar-refractivity contribution in [2.45, 2.75) is 58.0 Å². The monoisotopic (exact) mass is 196 g/mol. The van der Waals surface area contributed by atoms with Gasteiger partial charge in [0.1, 0.15) is 0 Å². The molecule has 0 bridgehead atoms. The molecule has 0 aromatic rings. The van der Waals surface area contributed by atoms with Crippen molar-refractivity contribution in [2.75, 3.05) is 0 Å². The predicted octanol–water partition coefficient (Wildman–Crippen LogP) is 2.88. The first-order valence-electron chi connectivity index (χ1n) is 5.73. The Hall–Kier alpha value is -0.340. The van der Waals surface area contributed by atoms with Gasteiger partial charge < -0.3 is 9.47 Å². The van der Waals surface area contributed by atoms with Crippen LogP contribution in [0.5, 0.6) is 0 Å². The fourth-order valence-corrected chi connectivity index (χ4v) is 2.13. The molecule has 0 aromatic heterocycles. The molecule has 14 heavy (non-hydrogen) atoms. The Bertz CT molecular complexity index is 192. The molecule has 2 heteroatoms. The summed E-state index contributed by atoms with van der Waals surface area (Å²) < 4.78 is 11.8. The minimum absolute atomic E-state index is 0.0306. The lowest BCUT2D eigenvalue weighted by atomic mass is 10.0. The molecule has 1 heterocycles. The van der Waals surface area contributed by atoms with Crippen molar-refractivity contribution in [3.63, 3.8) is 0 Å². The van der Waals surface area contributed by atoms with Crippen LogP contribution in [0.4, 0.5) is 0 Å². The van der Waals surface area contributed by atoms with Gasteiger partial charge in [-0.25, -0.2) is 0 Å². The standard InChI is InChI=1S/C12H20O2/c1-9(2)12-13-10-7-5-3-4-6-8-11(10)14-12/h3-4,9-12H,5-8H2,1-2H3/b4-3+. The molecule has 1 aliphatic carbocycles. The average molecular weight is 196 g/mol. The molecule has 0 saturated carbocycles. The average Bonchev–Trinajstić information content (AvgIpc) is 2.48. The third-order valence-corrected chi connectivity index (χ3v) is 2.98. The minimum Gasteiger partial charge on any atom is -0.346 e. The van der Waals surface area contributed by atoms with E-state index in [2.05, 4.69) is 26.0 Å². The summed E-state index contributed by atoms with van der Waals surface area (Å²) in [5.74, 6) is 0.469. The second-order valence-corrected chi connectivity index (χ2v) is 4.59. The van der Waals surface area contributed by atoms with Crippen LogP contribution >= 0.6 is 0 Å². The van der Waals surface area contributed by atoms with Crippen LogP contribution in [0.1, 0.15) is 39.5 Å². The molecular formula is C12H20O2. The molecule has 2 aliphatic rings. The molecule has 0 spiro atoms. The van der Waals surface area contributed by atoms with Crippen molar-refractivity contribution in [3.8, 4) is 0 Å². The third-order valence-electron chi connectivity index (χ3n) is 2.98. The Morgan fingerprint density at radius 1 is 1.00 bits per heavy atom. The first-order valence-corrected chi connectivity index (χ1v) is 5.73. The van der Waals surface area contributed by atoms with Crippen LogP contribution in [0.3, 0.4) is 0 Å². The van der Waals surface area contributed by atoms with E-state index in [9.17, 15) is 0 Å². The van der Waals surface area contributed by atoms with Crippen LogP contribution in [0.2, 0.25) is 0 Å². The highest BCUT2D eigenvalue weighted by Gasteiger charge is 2.36. The first-order chi connectivity index (χ1) is 6.77. The summed E-state index contributed by atoms with van der Waals surface area (Å²) in [6, 6.07) is 0. The molecule has 0 amide bonds. The van der Waals surface area contributed by atoms with Crippen molar-refractivity contribution in [1.29, 1.82) is 0 Å². The smallest absolute Gasteiger partial charge is 0.160 e. The van der Waals surface area contributed by atoms with Gasteiger partial charge in [-0.15, -0.1) is 0 Å². The molecule has 0 radical (unpaired) electrons. The molecule has 0 N–H and O–H groups in total. The van der Waals surface area contributed by atoms with Gasteiger partial charge in [0.2, 0.25) is 0 Å². The molecule has 2 rings (SSSR count). The molecule has 2 unspecified atom stereocenters. The van der Waals surface area contributed by atoms with Crippen molar-refractivity contribution >= 4 is 0 Å². The minimum atomic E-state index is 0.0306. The van der Waals surface area contributed by atoms with E-state index in [1.54, 1.807) is 0 Å². The van der Waals surface area contributed by atoms with Crippen molar-refractivity contribution in [1.82, 2.24) is 0 Å². The SMILES string of the molecule is CC(C)C1OC2CC/C=C/CCC2O1. The van der Waals surface area contributed by atoms with E-state index in [0.29, 0.717) is 18.1 Å². The zero-order valence-corrected chi connectivity index (χ0v) is 9.11. The zero-order chi connectivity index (χ0) is 9.97. The summed E-state index contributed by atoms with van der Waals surface area (Å²) in [5.41, 5.74) is 0. The van der Waals surface area contributed by atoms with Gasteiger partial charge in [-0.3, -0.25) is 0 Å².